The fourth-order valence-corrected chi connectivity index (χ4v) is 2.84. The maximum absolute atomic E-state index is 5.39. The Balaban J connectivity index is 2.05. The SMILES string of the molecule is CCCNC(Cc1ccc(OC)c(OC)c1)C1CCC1. The third-order valence-corrected chi connectivity index (χ3v) is 4.28. The number of hydrogen-bond acceptors (Lipinski definition) is 3. The van der Waals surface area contributed by atoms with Crippen molar-refractivity contribution in [2.75, 3.05) is 20.8 Å². The van der Waals surface area contributed by atoms with Crippen LogP contribution in [-0.2, 0) is 6.42 Å². The predicted molar refractivity (Wildman–Crippen MR) is 82.7 cm³/mol. The summed E-state index contributed by atoms with van der Waals surface area (Å²) in [6, 6.07) is 6.87. The molecule has 20 heavy (non-hydrogen) atoms. The van der Waals surface area contributed by atoms with E-state index in [0.29, 0.717) is 6.04 Å². The maximum Gasteiger partial charge on any atom is 0.160 e. The largest absolute Gasteiger partial charge is 0.493 e. The van der Waals surface area contributed by atoms with Crippen LogP contribution in [0.5, 0.6) is 11.5 Å². The summed E-state index contributed by atoms with van der Waals surface area (Å²) in [5.41, 5.74) is 1.32. The molecule has 0 aliphatic heterocycles. The molecule has 1 aromatic rings. The summed E-state index contributed by atoms with van der Waals surface area (Å²) >= 11 is 0. The van der Waals surface area contributed by atoms with Gasteiger partial charge in [0.05, 0.1) is 14.2 Å². The van der Waals surface area contributed by atoms with Crippen molar-refractivity contribution < 1.29 is 9.47 Å². The topological polar surface area (TPSA) is 30.5 Å². The van der Waals surface area contributed by atoms with Crippen LogP contribution in [-0.4, -0.2) is 26.8 Å². The van der Waals surface area contributed by atoms with Gasteiger partial charge < -0.3 is 14.8 Å². The first kappa shape index (κ1) is 15.2. The number of ether oxygens (including phenoxy) is 2. The minimum Gasteiger partial charge on any atom is -0.493 e. The molecule has 0 aromatic heterocycles. The first-order valence-electron chi connectivity index (χ1n) is 7.72. The fourth-order valence-electron chi connectivity index (χ4n) is 2.84. The van der Waals surface area contributed by atoms with E-state index in [9.17, 15) is 0 Å². The van der Waals surface area contributed by atoms with Gasteiger partial charge in [-0.3, -0.25) is 0 Å². The quantitative estimate of drug-likeness (QED) is 0.790. The Kier molecular flexibility index (Phi) is 5.72. The molecule has 3 nitrogen and oxygen atoms in total. The highest BCUT2D eigenvalue weighted by atomic mass is 16.5. The van der Waals surface area contributed by atoms with Crippen molar-refractivity contribution in [1.82, 2.24) is 5.32 Å². The molecular formula is C17H27NO2. The number of rotatable bonds is 8. The summed E-state index contributed by atoms with van der Waals surface area (Å²) in [6.45, 7) is 3.33. The zero-order valence-electron chi connectivity index (χ0n) is 12.9. The molecule has 1 aliphatic carbocycles. The second-order valence-electron chi connectivity index (χ2n) is 5.65. The van der Waals surface area contributed by atoms with Gasteiger partial charge in [-0.2, -0.15) is 0 Å². The number of nitrogens with one attached hydrogen (secondary N) is 1. The molecule has 0 heterocycles. The molecule has 1 unspecified atom stereocenters. The Morgan fingerprint density at radius 3 is 2.50 bits per heavy atom. The molecule has 0 bridgehead atoms. The van der Waals surface area contributed by atoms with Gasteiger partial charge in [0, 0.05) is 6.04 Å². The van der Waals surface area contributed by atoms with Gasteiger partial charge >= 0.3 is 0 Å². The van der Waals surface area contributed by atoms with E-state index in [1.165, 1.54) is 31.2 Å². The molecule has 1 aliphatic rings. The van der Waals surface area contributed by atoms with Gasteiger partial charge in [0.2, 0.25) is 0 Å². The highest BCUT2D eigenvalue weighted by Crippen LogP contribution is 2.33. The van der Waals surface area contributed by atoms with Gasteiger partial charge in [0.1, 0.15) is 0 Å². The lowest BCUT2D eigenvalue weighted by atomic mass is 9.77. The van der Waals surface area contributed by atoms with Crippen LogP contribution in [0.4, 0.5) is 0 Å². The zero-order chi connectivity index (χ0) is 14.4. The summed E-state index contributed by atoms with van der Waals surface area (Å²) in [5.74, 6) is 2.47. The van der Waals surface area contributed by atoms with Gasteiger partial charge in [-0.25, -0.2) is 0 Å². The summed E-state index contributed by atoms with van der Waals surface area (Å²) in [4.78, 5) is 0. The van der Waals surface area contributed by atoms with Gasteiger partial charge in [0.25, 0.3) is 0 Å². The van der Waals surface area contributed by atoms with Gasteiger partial charge in [-0.05, 0) is 55.8 Å². The molecule has 0 spiro atoms. The van der Waals surface area contributed by atoms with E-state index >= 15 is 0 Å². The number of hydrogen-bond donors (Lipinski definition) is 1. The molecule has 1 fully saturated rings. The van der Waals surface area contributed by atoms with E-state index in [-0.39, 0.29) is 0 Å². The standard InChI is InChI=1S/C17H27NO2/c1-4-10-18-15(14-6-5-7-14)11-13-8-9-16(19-2)17(12-13)20-3/h8-9,12,14-15,18H,4-7,10-11H2,1-3H3. The van der Waals surface area contributed by atoms with Gasteiger partial charge in [0.15, 0.2) is 11.5 Å². The van der Waals surface area contributed by atoms with Crippen LogP contribution in [0.3, 0.4) is 0 Å². The summed E-state index contributed by atoms with van der Waals surface area (Å²) in [5, 5.41) is 3.71. The highest BCUT2D eigenvalue weighted by molar-refractivity contribution is 5.43. The Morgan fingerprint density at radius 2 is 1.95 bits per heavy atom. The molecule has 2 rings (SSSR count). The van der Waals surface area contributed by atoms with Crippen LogP contribution in [0.25, 0.3) is 0 Å². The normalized spacial score (nSPS) is 16.6. The van der Waals surface area contributed by atoms with Crippen molar-refractivity contribution in [2.45, 2.75) is 45.1 Å². The second-order valence-corrected chi connectivity index (χ2v) is 5.65. The lowest BCUT2D eigenvalue weighted by Gasteiger charge is -2.34. The smallest absolute Gasteiger partial charge is 0.160 e. The molecule has 0 amide bonds. The Bertz CT molecular complexity index is 415. The summed E-state index contributed by atoms with van der Waals surface area (Å²) in [6.07, 6.45) is 6.39. The Morgan fingerprint density at radius 1 is 1.20 bits per heavy atom. The van der Waals surface area contributed by atoms with E-state index < -0.39 is 0 Å². The first-order valence-corrected chi connectivity index (χ1v) is 7.72. The van der Waals surface area contributed by atoms with Crippen molar-refractivity contribution in [3.8, 4) is 11.5 Å². The van der Waals surface area contributed by atoms with Crippen LogP contribution >= 0.6 is 0 Å². The number of methoxy groups -OCH3 is 2. The molecule has 1 saturated carbocycles. The van der Waals surface area contributed by atoms with Crippen molar-refractivity contribution >= 4 is 0 Å². The third-order valence-electron chi connectivity index (χ3n) is 4.28. The third kappa shape index (κ3) is 3.66. The summed E-state index contributed by atoms with van der Waals surface area (Å²) in [7, 11) is 3.37. The molecule has 1 atom stereocenters. The lowest BCUT2D eigenvalue weighted by Crippen LogP contribution is -2.41. The van der Waals surface area contributed by atoms with Crippen LogP contribution in [0, 0.1) is 5.92 Å². The van der Waals surface area contributed by atoms with Crippen molar-refractivity contribution in [3.63, 3.8) is 0 Å². The monoisotopic (exact) mass is 277 g/mol. The van der Waals surface area contributed by atoms with Crippen LogP contribution < -0.4 is 14.8 Å². The van der Waals surface area contributed by atoms with E-state index in [1.54, 1.807) is 14.2 Å². The highest BCUT2D eigenvalue weighted by Gasteiger charge is 2.27. The van der Waals surface area contributed by atoms with E-state index in [2.05, 4.69) is 24.4 Å². The van der Waals surface area contributed by atoms with Crippen molar-refractivity contribution in [3.05, 3.63) is 23.8 Å². The molecule has 112 valence electrons. The van der Waals surface area contributed by atoms with E-state index in [1.807, 2.05) is 6.07 Å². The maximum atomic E-state index is 5.39. The van der Waals surface area contributed by atoms with Gasteiger partial charge in [-0.1, -0.05) is 19.4 Å². The van der Waals surface area contributed by atoms with Crippen LogP contribution in [0.15, 0.2) is 18.2 Å². The minimum absolute atomic E-state index is 0.599. The molecule has 3 heteroatoms. The second kappa shape index (κ2) is 7.53. The molecule has 0 saturated heterocycles. The zero-order valence-corrected chi connectivity index (χ0v) is 12.9. The average molecular weight is 277 g/mol. The van der Waals surface area contributed by atoms with Crippen LogP contribution in [0.1, 0.15) is 38.2 Å². The Hall–Kier alpha value is -1.22. The lowest BCUT2D eigenvalue weighted by molar-refractivity contribution is 0.227. The molecule has 1 aromatic carbocycles. The predicted octanol–water partition coefficient (Wildman–Crippen LogP) is 3.41. The molecule has 1 N–H and O–H groups in total. The van der Waals surface area contributed by atoms with Gasteiger partial charge in [-0.15, -0.1) is 0 Å². The van der Waals surface area contributed by atoms with Crippen LogP contribution in [0.2, 0.25) is 0 Å². The fraction of sp³-hybridized carbons (Fsp3) is 0.647. The number of benzene rings is 1. The van der Waals surface area contributed by atoms with Crippen molar-refractivity contribution in [2.24, 2.45) is 5.92 Å². The first-order chi connectivity index (χ1) is 9.78. The Labute approximate surface area is 122 Å². The molecule has 0 radical (unpaired) electrons. The van der Waals surface area contributed by atoms with E-state index in [4.69, 9.17) is 9.47 Å². The van der Waals surface area contributed by atoms with Crippen molar-refractivity contribution in [1.29, 1.82) is 0 Å². The summed E-state index contributed by atoms with van der Waals surface area (Å²) < 4.78 is 10.7. The molecular weight excluding hydrogens is 250 g/mol. The minimum atomic E-state index is 0.599. The van der Waals surface area contributed by atoms with E-state index in [0.717, 1.165) is 30.4 Å². The average Bonchev–Trinajstić information content (AvgIpc) is 2.42.